The van der Waals surface area contributed by atoms with E-state index in [0.717, 1.165) is 18.0 Å². The zero-order valence-corrected chi connectivity index (χ0v) is 8.32. The Balaban J connectivity index is 2.55. The number of methoxy groups -OCH3 is 1. The number of hydrogen-bond acceptors (Lipinski definition) is 4. The average molecular weight is 179 g/mol. The minimum absolute atomic E-state index is 0.688. The van der Waals surface area contributed by atoms with E-state index in [1.165, 1.54) is 0 Å². The molecule has 0 radical (unpaired) electrons. The molecule has 0 saturated carbocycles. The van der Waals surface area contributed by atoms with Crippen LogP contribution in [0.4, 0.5) is 5.95 Å². The second-order valence-electron chi connectivity index (χ2n) is 2.97. The standard InChI is InChI=1S/C8H14BN3O/c1-12(3-4-13-2)8-10-5-7(9)6-11-8/h5-6H,3-4,9H2,1-2H3. The molecule has 0 saturated heterocycles. The van der Waals surface area contributed by atoms with Crippen molar-refractivity contribution in [3.05, 3.63) is 12.4 Å². The first-order chi connectivity index (χ1) is 6.24. The van der Waals surface area contributed by atoms with Gasteiger partial charge in [-0.3, -0.25) is 0 Å². The van der Waals surface area contributed by atoms with Crippen LogP contribution in [0.15, 0.2) is 12.4 Å². The topological polar surface area (TPSA) is 38.2 Å². The molecule has 0 aliphatic heterocycles. The van der Waals surface area contributed by atoms with Gasteiger partial charge in [-0.25, -0.2) is 9.97 Å². The molecule has 0 bridgehead atoms. The molecule has 0 fully saturated rings. The van der Waals surface area contributed by atoms with Crippen LogP contribution in [0, 0.1) is 0 Å². The number of rotatable bonds is 4. The van der Waals surface area contributed by atoms with Crippen molar-refractivity contribution in [2.75, 3.05) is 32.2 Å². The van der Waals surface area contributed by atoms with E-state index in [1.807, 2.05) is 32.2 Å². The fraction of sp³-hybridized carbons (Fsp3) is 0.500. The largest absolute Gasteiger partial charge is 0.383 e. The van der Waals surface area contributed by atoms with E-state index in [-0.39, 0.29) is 0 Å². The minimum Gasteiger partial charge on any atom is -0.383 e. The molecular weight excluding hydrogens is 165 g/mol. The Labute approximate surface area is 79.4 Å². The quantitative estimate of drug-likeness (QED) is 0.545. The Hall–Kier alpha value is -1.10. The average Bonchev–Trinajstić information content (AvgIpc) is 2.15. The van der Waals surface area contributed by atoms with Gasteiger partial charge in [-0.15, -0.1) is 0 Å². The summed E-state index contributed by atoms with van der Waals surface area (Å²) in [5.74, 6) is 0.739. The first-order valence-corrected chi connectivity index (χ1v) is 4.22. The number of anilines is 1. The third-order valence-electron chi connectivity index (χ3n) is 1.74. The summed E-state index contributed by atoms with van der Waals surface area (Å²) in [6.45, 7) is 1.49. The normalized spacial score (nSPS) is 10.0. The molecule has 1 aromatic heterocycles. The molecule has 13 heavy (non-hydrogen) atoms. The van der Waals surface area contributed by atoms with E-state index in [2.05, 4.69) is 9.97 Å². The molecule has 4 nitrogen and oxygen atoms in total. The van der Waals surface area contributed by atoms with Crippen molar-refractivity contribution >= 4 is 19.3 Å². The molecule has 70 valence electrons. The van der Waals surface area contributed by atoms with Crippen LogP contribution in [0.25, 0.3) is 0 Å². The summed E-state index contributed by atoms with van der Waals surface area (Å²) in [7, 11) is 5.60. The van der Waals surface area contributed by atoms with Gasteiger partial charge in [-0.2, -0.15) is 0 Å². The van der Waals surface area contributed by atoms with Crippen molar-refractivity contribution < 1.29 is 4.74 Å². The molecule has 0 aromatic carbocycles. The van der Waals surface area contributed by atoms with Gasteiger partial charge in [-0.05, 0) is 0 Å². The van der Waals surface area contributed by atoms with Gasteiger partial charge in [0.1, 0.15) is 7.85 Å². The molecule has 0 amide bonds. The molecule has 0 spiro atoms. The van der Waals surface area contributed by atoms with Crippen molar-refractivity contribution in [1.29, 1.82) is 0 Å². The smallest absolute Gasteiger partial charge is 0.225 e. The molecule has 1 rings (SSSR count). The van der Waals surface area contributed by atoms with Crippen LogP contribution in [0.5, 0.6) is 0 Å². The van der Waals surface area contributed by atoms with Crippen LogP contribution in [-0.4, -0.2) is 45.1 Å². The Morgan fingerprint density at radius 2 is 2.08 bits per heavy atom. The maximum atomic E-state index is 4.96. The molecule has 0 unspecified atom stereocenters. The first kappa shape index (κ1) is 9.99. The summed E-state index contributed by atoms with van der Waals surface area (Å²) in [4.78, 5) is 10.3. The summed E-state index contributed by atoms with van der Waals surface area (Å²) in [6.07, 6.45) is 3.62. The fourth-order valence-electron chi connectivity index (χ4n) is 0.911. The van der Waals surface area contributed by atoms with Gasteiger partial charge in [0, 0.05) is 33.1 Å². The zero-order valence-electron chi connectivity index (χ0n) is 8.32. The first-order valence-electron chi connectivity index (χ1n) is 4.22. The number of aromatic nitrogens is 2. The second-order valence-corrected chi connectivity index (χ2v) is 2.97. The fourth-order valence-corrected chi connectivity index (χ4v) is 0.911. The Kier molecular flexibility index (Phi) is 3.70. The second kappa shape index (κ2) is 4.82. The highest BCUT2D eigenvalue weighted by Crippen LogP contribution is 1.99. The third-order valence-corrected chi connectivity index (χ3v) is 1.74. The van der Waals surface area contributed by atoms with Crippen LogP contribution in [-0.2, 0) is 4.74 Å². The molecule has 5 heteroatoms. The lowest BCUT2D eigenvalue weighted by molar-refractivity contribution is 0.206. The lowest BCUT2D eigenvalue weighted by atomic mass is 10.0. The molecule has 1 heterocycles. The summed E-state index contributed by atoms with van der Waals surface area (Å²) >= 11 is 0. The number of nitrogens with zero attached hydrogens (tertiary/aromatic N) is 3. The molecule has 1 aromatic rings. The van der Waals surface area contributed by atoms with Gasteiger partial charge in [0.2, 0.25) is 5.95 Å². The van der Waals surface area contributed by atoms with Crippen LogP contribution in [0.1, 0.15) is 0 Å². The SMILES string of the molecule is Bc1cnc(N(C)CCOC)nc1. The lowest BCUT2D eigenvalue weighted by Crippen LogP contribution is -2.24. The summed E-state index contributed by atoms with van der Waals surface area (Å²) in [6, 6.07) is 0. The molecule has 0 N–H and O–H groups in total. The molecule has 0 aliphatic rings. The number of ether oxygens (including phenoxy) is 1. The summed E-state index contributed by atoms with van der Waals surface area (Å²) < 4.78 is 4.96. The molecule has 0 aliphatic carbocycles. The highest BCUT2D eigenvalue weighted by atomic mass is 16.5. The van der Waals surface area contributed by atoms with Gasteiger partial charge in [0.25, 0.3) is 0 Å². The van der Waals surface area contributed by atoms with Crippen molar-refractivity contribution in [1.82, 2.24) is 9.97 Å². The minimum atomic E-state index is 0.688. The number of likely N-dealkylation sites (N-methyl/N-ethyl adjacent to an activating group) is 1. The predicted octanol–water partition coefficient (Wildman–Crippen LogP) is -1.18. The van der Waals surface area contributed by atoms with E-state index in [0.29, 0.717) is 6.61 Å². The van der Waals surface area contributed by atoms with E-state index >= 15 is 0 Å². The van der Waals surface area contributed by atoms with E-state index in [4.69, 9.17) is 4.74 Å². The summed E-state index contributed by atoms with van der Waals surface area (Å²) in [5, 5.41) is 0. The Morgan fingerprint density at radius 3 is 2.62 bits per heavy atom. The van der Waals surface area contributed by atoms with Gasteiger partial charge in [0.05, 0.1) is 6.61 Å². The van der Waals surface area contributed by atoms with E-state index < -0.39 is 0 Å². The van der Waals surface area contributed by atoms with Crippen molar-refractivity contribution in [2.45, 2.75) is 0 Å². The Bertz CT molecular complexity index is 252. The number of hydrogen-bond donors (Lipinski definition) is 0. The van der Waals surface area contributed by atoms with Gasteiger partial charge < -0.3 is 9.64 Å². The van der Waals surface area contributed by atoms with Gasteiger partial charge in [-0.1, -0.05) is 5.46 Å². The Morgan fingerprint density at radius 1 is 1.46 bits per heavy atom. The molecule has 0 atom stereocenters. The van der Waals surface area contributed by atoms with Crippen molar-refractivity contribution in [2.24, 2.45) is 0 Å². The third kappa shape index (κ3) is 3.03. The molecular formula is C8H14BN3O. The van der Waals surface area contributed by atoms with Crippen LogP contribution in [0.3, 0.4) is 0 Å². The van der Waals surface area contributed by atoms with Gasteiger partial charge >= 0.3 is 0 Å². The van der Waals surface area contributed by atoms with Crippen molar-refractivity contribution in [3.63, 3.8) is 0 Å². The highest BCUT2D eigenvalue weighted by molar-refractivity contribution is 6.31. The highest BCUT2D eigenvalue weighted by Gasteiger charge is 2.01. The van der Waals surface area contributed by atoms with Gasteiger partial charge in [0.15, 0.2) is 0 Å². The van der Waals surface area contributed by atoms with E-state index in [9.17, 15) is 0 Å². The lowest BCUT2D eigenvalue weighted by Gasteiger charge is -2.15. The van der Waals surface area contributed by atoms with Crippen molar-refractivity contribution in [3.8, 4) is 0 Å². The zero-order chi connectivity index (χ0) is 9.68. The van der Waals surface area contributed by atoms with Crippen LogP contribution < -0.4 is 10.4 Å². The maximum absolute atomic E-state index is 4.96. The predicted molar refractivity (Wildman–Crippen MR) is 55.4 cm³/mol. The van der Waals surface area contributed by atoms with Crippen LogP contribution in [0.2, 0.25) is 0 Å². The maximum Gasteiger partial charge on any atom is 0.225 e. The summed E-state index contributed by atoms with van der Waals surface area (Å²) in [5.41, 5.74) is 1.07. The monoisotopic (exact) mass is 179 g/mol. The van der Waals surface area contributed by atoms with E-state index in [1.54, 1.807) is 7.11 Å². The van der Waals surface area contributed by atoms with Crippen LogP contribution >= 0.6 is 0 Å².